The highest BCUT2D eigenvalue weighted by atomic mass is 16.5. The van der Waals surface area contributed by atoms with Crippen molar-refractivity contribution in [1.82, 2.24) is 19.9 Å². The average molecular weight is 400 g/mol. The fraction of sp³-hybridized carbons (Fsp3) is 0.182. The monoisotopic (exact) mass is 400 g/mol. The number of anilines is 2. The van der Waals surface area contributed by atoms with Gasteiger partial charge in [0.2, 0.25) is 0 Å². The molecular weight excluding hydrogens is 380 g/mol. The van der Waals surface area contributed by atoms with Gasteiger partial charge in [-0.3, -0.25) is 9.78 Å². The van der Waals surface area contributed by atoms with Crippen molar-refractivity contribution in [3.05, 3.63) is 66.7 Å². The normalized spacial score (nSPS) is 14.1. The van der Waals surface area contributed by atoms with Gasteiger partial charge >= 0.3 is 0 Å². The third-order valence-electron chi connectivity index (χ3n) is 5.07. The minimum Gasteiger partial charge on any atom is -0.378 e. The van der Waals surface area contributed by atoms with Gasteiger partial charge in [0.25, 0.3) is 5.91 Å². The third kappa shape index (κ3) is 3.60. The molecule has 0 bridgehead atoms. The molecule has 1 saturated heterocycles. The Kier molecular flexibility index (Phi) is 4.82. The van der Waals surface area contributed by atoms with Gasteiger partial charge in [0.05, 0.1) is 18.6 Å². The van der Waals surface area contributed by atoms with E-state index in [0.29, 0.717) is 24.6 Å². The number of carbonyl (C=O) groups excluding carboxylic acids is 1. The van der Waals surface area contributed by atoms with Crippen molar-refractivity contribution in [3.63, 3.8) is 0 Å². The van der Waals surface area contributed by atoms with Crippen molar-refractivity contribution in [2.45, 2.75) is 0 Å². The number of nitrogens with zero attached hydrogens (tertiary/aromatic N) is 4. The lowest BCUT2D eigenvalue weighted by Gasteiger charge is -2.27. The lowest BCUT2D eigenvalue weighted by molar-refractivity contribution is 0.102. The first-order chi connectivity index (χ1) is 14.8. The summed E-state index contributed by atoms with van der Waals surface area (Å²) in [4.78, 5) is 30.8. The summed E-state index contributed by atoms with van der Waals surface area (Å²) in [5.74, 6) is 0.685. The minimum atomic E-state index is -0.237. The van der Waals surface area contributed by atoms with Crippen molar-refractivity contribution in [2.75, 3.05) is 36.5 Å². The van der Waals surface area contributed by atoms with Gasteiger partial charge in [-0.05, 0) is 35.9 Å². The van der Waals surface area contributed by atoms with E-state index >= 15 is 0 Å². The number of ether oxygens (including phenoxy) is 1. The summed E-state index contributed by atoms with van der Waals surface area (Å²) in [6.45, 7) is 3.04. The van der Waals surface area contributed by atoms with Crippen LogP contribution in [0.2, 0.25) is 0 Å². The SMILES string of the molecule is O=C(Nc1ccc(-c2cc3c(N4CCOCC4)ncnc3[nH]2)cc1)c1ccccn1. The molecular formula is C22H20N6O2. The standard InChI is InChI=1S/C22H20N6O2/c29-22(18-3-1-2-8-23-18)26-16-6-4-15(5-7-16)19-13-17-20(27-19)24-14-25-21(17)28-9-11-30-12-10-28/h1-8,13-14H,9-12H2,(H,26,29)(H,24,25,27). The van der Waals surface area contributed by atoms with E-state index < -0.39 is 0 Å². The number of aromatic amines is 1. The fourth-order valence-corrected chi connectivity index (χ4v) is 3.53. The number of pyridine rings is 1. The van der Waals surface area contributed by atoms with Crippen LogP contribution in [0.1, 0.15) is 10.5 Å². The van der Waals surface area contributed by atoms with Crippen molar-refractivity contribution >= 4 is 28.4 Å². The molecule has 2 N–H and O–H groups in total. The molecule has 1 fully saturated rings. The Morgan fingerprint density at radius 1 is 1.03 bits per heavy atom. The Morgan fingerprint density at radius 3 is 2.63 bits per heavy atom. The van der Waals surface area contributed by atoms with Gasteiger partial charge in [-0.15, -0.1) is 0 Å². The zero-order chi connectivity index (χ0) is 20.3. The lowest BCUT2D eigenvalue weighted by atomic mass is 10.1. The van der Waals surface area contributed by atoms with E-state index in [1.807, 2.05) is 24.3 Å². The van der Waals surface area contributed by atoms with E-state index in [0.717, 1.165) is 41.2 Å². The van der Waals surface area contributed by atoms with E-state index in [1.54, 1.807) is 30.7 Å². The highest BCUT2D eigenvalue weighted by Crippen LogP contribution is 2.29. The average Bonchev–Trinajstić information content (AvgIpc) is 3.25. The molecule has 0 spiro atoms. The molecule has 0 unspecified atom stereocenters. The van der Waals surface area contributed by atoms with Gasteiger partial charge in [0.1, 0.15) is 23.5 Å². The summed E-state index contributed by atoms with van der Waals surface area (Å²) in [6, 6.07) is 15.0. The number of benzene rings is 1. The van der Waals surface area contributed by atoms with E-state index in [-0.39, 0.29) is 5.91 Å². The summed E-state index contributed by atoms with van der Waals surface area (Å²) in [7, 11) is 0. The number of amides is 1. The summed E-state index contributed by atoms with van der Waals surface area (Å²) in [6.07, 6.45) is 3.19. The Balaban J connectivity index is 1.38. The number of hydrogen-bond donors (Lipinski definition) is 2. The molecule has 30 heavy (non-hydrogen) atoms. The maximum Gasteiger partial charge on any atom is 0.274 e. The van der Waals surface area contributed by atoms with Crippen molar-refractivity contribution < 1.29 is 9.53 Å². The summed E-state index contributed by atoms with van der Waals surface area (Å²) in [5, 5.41) is 3.85. The van der Waals surface area contributed by atoms with Gasteiger partial charge < -0.3 is 19.9 Å². The maximum atomic E-state index is 12.3. The molecule has 1 amide bonds. The molecule has 3 aromatic heterocycles. The molecule has 5 rings (SSSR count). The Morgan fingerprint density at radius 2 is 1.87 bits per heavy atom. The summed E-state index contributed by atoms with van der Waals surface area (Å²) >= 11 is 0. The number of H-pyrrole nitrogens is 1. The van der Waals surface area contributed by atoms with Crippen LogP contribution in [0.25, 0.3) is 22.3 Å². The number of morpholine rings is 1. The van der Waals surface area contributed by atoms with Crippen LogP contribution < -0.4 is 10.2 Å². The molecule has 1 aliphatic rings. The maximum absolute atomic E-state index is 12.3. The number of carbonyl (C=O) groups is 1. The highest BCUT2D eigenvalue weighted by molar-refractivity contribution is 6.03. The first kappa shape index (κ1) is 18.3. The molecule has 0 aliphatic carbocycles. The van der Waals surface area contributed by atoms with E-state index in [9.17, 15) is 4.79 Å². The first-order valence-electron chi connectivity index (χ1n) is 9.77. The second-order valence-corrected chi connectivity index (χ2v) is 6.99. The van der Waals surface area contributed by atoms with Crippen LogP contribution in [0.4, 0.5) is 11.5 Å². The van der Waals surface area contributed by atoms with Gasteiger partial charge in [0.15, 0.2) is 0 Å². The van der Waals surface area contributed by atoms with Crippen LogP contribution in [0, 0.1) is 0 Å². The quantitative estimate of drug-likeness (QED) is 0.546. The summed E-state index contributed by atoms with van der Waals surface area (Å²) in [5.41, 5.74) is 3.83. The summed E-state index contributed by atoms with van der Waals surface area (Å²) < 4.78 is 5.45. The molecule has 1 aliphatic heterocycles. The van der Waals surface area contributed by atoms with Crippen molar-refractivity contribution in [1.29, 1.82) is 0 Å². The van der Waals surface area contributed by atoms with Gasteiger partial charge in [-0.1, -0.05) is 18.2 Å². The number of nitrogens with one attached hydrogen (secondary N) is 2. The third-order valence-corrected chi connectivity index (χ3v) is 5.07. The van der Waals surface area contributed by atoms with Crippen LogP contribution >= 0.6 is 0 Å². The van der Waals surface area contributed by atoms with Crippen molar-refractivity contribution in [2.24, 2.45) is 0 Å². The van der Waals surface area contributed by atoms with E-state index in [1.165, 1.54) is 0 Å². The number of fused-ring (bicyclic) bond motifs is 1. The van der Waals surface area contributed by atoms with Crippen LogP contribution in [0.15, 0.2) is 61.1 Å². The second kappa shape index (κ2) is 7.92. The first-order valence-corrected chi connectivity index (χ1v) is 9.77. The van der Waals surface area contributed by atoms with Crippen molar-refractivity contribution in [3.8, 4) is 11.3 Å². The van der Waals surface area contributed by atoms with Gasteiger partial charge in [-0.25, -0.2) is 9.97 Å². The highest BCUT2D eigenvalue weighted by Gasteiger charge is 2.17. The van der Waals surface area contributed by atoms with Crippen LogP contribution in [0.5, 0.6) is 0 Å². The predicted molar refractivity (Wildman–Crippen MR) is 115 cm³/mol. The zero-order valence-electron chi connectivity index (χ0n) is 16.2. The number of aromatic nitrogens is 4. The fourth-order valence-electron chi connectivity index (χ4n) is 3.53. The molecule has 150 valence electrons. The molecule has 4 aromatic rings. The molecule has 8 nitrogen and oxygen atoms in total. The Bertz CT molecular complexity index is 1170. The number of rotatable bonds is 4. The largest absolute Gasteiger partial charge is 0.378 e. The molecule has 4 heterocycles. The molecule has 0 radical (unpaired) electrons. The van der Waals surface area contributed by atoms with Crippen LogP contribution in [-0.2, 0) is 4.74 Å². The Labute approximate surface area is 172 Å². The predicted octanol–water partition coefficient (Wildman–Crippen LogP) is 3.11. The second-order valence-electron chi connectivity index (χ2n) is 6.99. The van der Waals surface area contributed by atoms with Gasteiger partial charge in [-0.2, -0.15) is 0 Å². The minimum absolute atomic E-state index is 0.237. The van der Waals surface area contributed by atoms with Crippen LogP contribution in [-0.4, -0.2) is 52.1 Å². The van der Waals surface area contributed by atoms with E-state index in [2.05, 4.69) is 36.2 Å². The molecule has 0 saturated carbocycles. The number of hydrogen-bond acceptors (Lipinski definition) is 6. The Hall–Kier alpha value is -3.78. The van der Waals surface area contributed by atoms with Gasteiger partial charge in [0, 0.05) is 30.7 Å². The smallest absolute Gasteiger partial charge is 0.274 e. The lowest BCUT2D eigenvalue weighted by Crippen LogP contribution is -2.36. The van der Waals surface area contributed by atoms with Crippen LogP contribution in [0.3, 0.4) is 0 Å². The zero-order valence-corrected chi connectivity index (χ0v) is 16.2. The topological polar surface area (TPSA) is 96.0 Å². The molecule has 0 atom stereocenters. The van der Waals surface area contributed by atoms with E-state index in [4.69, 9.17) is 4.74 Å². The molecule has 1 aromatic carbocycles. The molecule has 8 heteroatoms.